The average Bonchev–Trinajstić information content (AvgIpc) is 2.87. The maximum atomic E-state index is 12.6. The van der Waals surface area contributed by atoms with Gasteiger partial charge >= 0.3 is 5.97 Å². The number of benzene rings is 3. The van der Waals surface area contributed by atoms with E-state index in [2.05, 4.69) is 5.32 Å². The first-order valence-electron chi connectivity index (χ1n) is 11.6. The third-order valence-corrected chi connectivity index (χ3v) is 6.85. The number of carbonyl (C=O) groups is 2. The van der Waals surface area contributed by atoms with Gasteiger partial charge in [-0.2, -0.15) is 0 Å². The van der Waals surface area contributed by atoms with Crippen molar-refractivity contribution < 1.29 is 28.9 Å². The number of rotatable bonds is 9. The van der Waals surface area contributed by atoms with Crippen LogP contribution < -0.4 is 19.5 Å². The molecule has 1 atom stereocenters. The second kappa shape index (κ2) is 11.9. The maximum Gasteiger partial charge on any atom is 0.311 e. The van der Waals surface area contributed by atoms with E-state index in [1.807, 2.05) is 6.92 Å². The number of amides is 1. The summed E-state index contributed by atoms with van der Waals surface area (Å²) in [6.07, 6.45) is 0.893. The normalized spacial score (nSPS) is 14.3. The Hall–Kier alpha value is -3.13. The highest BCUT2D eigenvalue weighted by Crippen LogP contribution is 2.41. The number of hydrogen-bond donors (Lipinski definition) is 2. The van der Waals surface area contributed by atoms with E-state index < -0.39 is 11.9 Å². The van der Waals surface area contributed by atoms with Crippen LogP contribution in [0.1, 0.15) is 40.7 Å². The van der Waals surface area contributed by atoms with Crippen LogP contribution in [0.3, 0.4) is 0 Å². The van der Waals surface area contributed by atoms with Gasteiger partial charge in [-0.3, -0.25) is 9.59 Å². The van der Waals surface area contributed by atoms with E-state index in [9.17, 15) is 14.7 Å². The molecule has 0 spiro atoms. The van der Waals surface area contributed by atoms with Crippen LogP contribution in [0.15, 0.2) is 48.5 Å². The van der Waals surface area contributed by atoms with Gasteiger partial charge < -0.3 is 24.6 Å². The summed E-state index contributed by atoms with van der Waals surface area (Å²) >= 11 is 18.6. The van der Waals surface area contributed by atoms with Crippen LogP contribution in [0.5, 0.6) is 23.0 Å². The molecule has 0 saturated carbocycles. The van der Waals surface area contributed by atoms with Gasteiger partial charge in [-0.05, 0) is 61.7 Å². The van der Waals surface area contributed by atoms with E-state index in [-0.39, 0.29) is 10.9 Å². The lowest BCUT2D eigenvalue weighted by Gasteiger charge is -2.24. The molecule has 10 heteroatoms. The molecule has 1 unspecified atom stereocenters. The lowest BCUT2D eigenvalue weighted by atomic mass is 9.93. The Balaban J connectivity index is 1.38. The van der Waals surface area contributed by atoms with Gasteiger partial charge in [-0.15, -0.1) is 0 Å². The third-order valence-electron chi connectivity index (χ3n) is 5.83. The molecule has 194 valence electrons. The Bertz CT molecular complexity index is 1310. The molecule has 37 heavy (non-hydrogen) atoms. The van der Waals surface area contributed by atoms with E-state index >= 15 is 0 Å². The molecule has 7 nitrogen and oxygen atoms in total. The summed E-state index contributed by atoms with van der Waals surface area (Å²) in [5, 5.41) is 13.4. The number of ether oxygens (including phenoxy) is 3. The fourth-order valence-corrected chi connectivity index (χ4v) is 4.54. The molecule has 0 aliphatic carbocycles. The molecule has 3 aromatic rings. The summed E-state index contributed by atoms with van der Waals surface area (Å²) in [7, 11) is 0. The molecule has 2 N–H and O–H groups in total. The van der Waals surface area contributed by atoms with Crippen LogP contribution in [0.25, 0.3) is 0 Å². The first-order chi connectivity index (χ1) is 17.8. The molecule has 1 amide bonds. The van der Waals surface area contributed by atoms with Gasteiger partial charge in [0, 0.05) is 29.8 Å². The van der Waals surface area contributed by atoms with Crippen LogP contribution in [-0.4, -0.2) is 36.7 Å². The van der Waals surface area contributed by atoms with Crippen molar-refractivity contribution in [2.45, 2.75) is 25.7 Å². The lowest BCUT2D eigenvalue weighted by Crippen LogP contribution is -2.25. The van der Waals surface area contributed by atoms with Crippen molar-refractivity contribution >= 4 is 46.7 Å². The van der Waals surface area contributed by atoms with E-state index in [0.717, 1.165) is 5.56 Å². The first kappa shape index (κ1) is 26.9. The molecule has 0 radical (unpaired) electrons. The molecule has 4 rings (SSSR count). The number of carboxylic acid groups (broad SMARTS) is 1. The fourth-order valence-electron chi connectivity index (χ4n) is 3.99. The highest BCUT2D eigenvalue weighted by Gasteiger charge is 2.29. The SMILES string of the molecule is CCOc1cc(Cl)c(Cl)cc1CCNC(=O)c1ccc(Oc2cc3c(cc2Cl)C(C(=O)O)CCO3)cc1. The molecule has 0 aromatic heterocycles. The van der Waals surface area contributed by atoms with Crippen molar-refractivity contribution in [2.24, 2.45) is 0 Å². The second-order valence-electron chi connectivity index (χ2n) is 8.29. The predicted molar refractivity (Wildman–Crippen MR) is 142 cm³/mol. The van der Waals surface area contributed by atoms with Crippen LogP contribution in [0, 0.1) is 0 Å². The Morgan fingerprint density at radius 2 is 1.76 bits per heavy atom. The molecule has 1 aliphatic heterocycles. The molecule has 0 saturated heterocycles. The smallest absolute Gasteiger partial charge is 0.311 e. The highest BCUT2D eigenvalue weighted by atomic mass is 35.5. The van der Waals surface area contributed by atoms with E-state index in [1.165, 1.54) is 0 Å². The predicted octanol–water partition coefficient (Wildman–Crippen LogP) is 6.76. The standard InChI is InChI=1S/C27H24Cl3NO6/c1-2-35-23-13-21(29)20(28)11-16(23)7-9-31-26(32)15-3-5-17(6-4-15)37-25-14-24-19(12-22(25)30)18(27(33)34)8-10-36-24/h3-6,11-14,18H,2,7-10H2,1H3,(H,31,32)(H,33,34). The summed E-state index contributed by atoms with van der Waals surface area (Å²) in [5.74, 6) is 0.0207. The molecule has 1 heterocycles. The quantitative estimate of drug-likeness (QED) is 0.298. The van der Waals surface area contributed by atoms with Gasteiger partial charge in [0.1, 0.15) is 23.0 Å². The van der Waals surface area contributed by atoms with Crippen molar-refractivity contribution in [1.29, 1.82) is 0 Å². The molecular formula is C27H24Cl3NO6. The summed E-state index contributed by atoms with van der Waals surface area (Å²) in [6, 6.07) is 13.2. The van der Waals surface area contributed by atoms with Crippen LogP contribution in [-0.2, 0) is 11.2 Å². The fraction of sp³-hybridized carbons (Fsp3) is 0.259. The minimum atomic E-state index is -0.921. The van der Waals surface area contributed by atoms with Crippen LogP contribution in [0.4, 0.5) is 0 Å². The van der Waals surface area contributed by atoms with Crippen molar-refractivity contribution in [3.8, 4) is 23.0 Å². The highest BCUT2D eigenvalue weighted by molar-refractivity contribution is 6.42. The van der Waals surface area contributed by atoms with Gasteiger partial charge in [0.2, 0.25) is 0 Å². The molecule has 3 aromatic carbocycles. The van der Waals surface area contributed by atoms with E-state index in [4.69, 9.17) is 49.0 Å². The molecule has 0 bridgehead atoms. The number of fused-ring (bicyclic) bond motifs is 1. The monoisotopic (exact) mass is 563 g/mol. The average molecular weight is 565 g/mol. The van der Waals surface area contributed by atoms with Gasteiger partial charge in [-0.25, -0.2) is 0 Å². The van der Waals surface area contributed by atoms with Crippen molar-refractivity contribution in [2.75, 3.05) is 19.8 Å². The number of carboxylic acids is 1. The number of halogens is 3. The molecular weight excluding hydrogens is 541 g/mol. The Morgan fingerprint density at radius 1 is 1.03 bits per heavy atom. The zero-order valence-electron chi connectivity index (χ0n) is 19.9. The van der Waals surface area contributed by atoms with Crippen LogP contribution >= 0.6 is 34.8 Å². The Labute approximate surface area is 229 Å². The minimum Gasteiger partial charge on any atom is -0.494 e. The van der Waals surface area contributed by atoms with Crippen molar-refractivity contribution in [3.05, 3.63) is 80.3 Å². The number of aliphatic carboxylic acids is 1. The first-order valence-corrected chi connectivity index (χ1v) is 12.8. The van der Waals surface area contributed by atoms with Crippen molar-refractivity contribution in [1.82, 2.24) is 5.32 Å². The zero-order chi connectivity index (χ0) is 26.5. The molecule has 1 aliphatic rings. The van der Waals surface area contributed by atoms with Gasteiger partial charge in [-0.1, -0.05) is 34.8 Å². The van der Waals surface area contributed by atoms with Gasteiger partial charge in [0.15, 0.2) is 0 Å². The topological polar surface area (TPSA) is 94.1 Å². The lowest BCUT2D eigenvalue weighted by molar-refractivity contribution is -0.139. The summed E-state index contributed by atoms with van der Waals surface area (Å²) in [5.41, 5.74) is 1.83. The summed E-state index contributed by atoms with van der Waals surface area (Å²) < 4.78 is 17.1. The minimum absolute atomic E-state index is 0.246. The van der Waals surface area contributed by atoms with Gasteiger partial charge in [0.25, 0.3) is 5.91 Å². The number of carbonyl (C=O) groups excluding carboxylic acids is 1. The van der Waals surface area contributed by atoms with Crippen molar-refractivity contribution in [3.63, 3.8) is 0 Å². The zero-order valence-corrected chi connectivity index (χ0v) is 22.1. The third kappa shape index (κ3) is 6.42. The second-order valence-corrected chi connectivity index (χ2v) is 9.51. The largest absolute Gasteiger partial charge is 0.494 e. The maximum absolute atomic E-state index is 12.6. The summed E-state index contributed by atoms with van der Waals surface area (Å²) in [4.78, 5) is 24.1. The van der Waals surface area contributed by atoms with E-state index in [1.54, 1.807) is 48.5 Å². The Kier molecular flexibility index (Phi) is 8.69. The Morgan fingerprint density at radius 3 is 2.46 bits per heavy atom. The van der Waals surface area contributed by atoms with Gasteiger partial charge in [0.05, 0.1) is 34.2 Å². The van der Waals surface area contributed by atoms with E-state index in [0.29, 0.717) is 76.8 Å². The summed E-state index contributed by atoms with van der Waals surface area (Å²) in [6.45, 7) is 3.03. The molecule has 0 fully saturated rings. The number of hydrogen-bond acceptors (Lipinski definition) is 5. The van der Waals surface area contributed by atoms with Crippen LogP contribution in [0.2, 0.25) is 15.1 Å². The number of nitrogens with one attached hydrogen (secondary N) is 1.